The van der Waals surface area contributed by atoms with Crippen LogP contribution >= 0.6 is 22.9 Å². The van der Waals surface area contributed by atoms with Gasteiger partial charge in [-0.15, -0.1) is 21.8 Å². The Morgan fingerprint density at radius 2 is 1.53 bits per heavy atom. The first-order chi connectivity index (χ1) is 16.5. The molecule has 9 heteroatoms. The molecule has 2 atom stereocenters. The summed E-state index contributed by atoms with van der Waals surface area (Å²) in [5, 5.41) is 13.4. The van der Waals surface area contributed by atoms with E-state index < -0.39 is 23.2 Å². The van der Waals surface area contributed by atoms with Crippen LogP contribution in [0.3, 0.4) is 0 Å². The maximum atomic E-state index is 13.2. The summed E-state index contributed by atoms with van der Waals surface area (Å²) in [5.41, 5.74) is 2.19. The van der Waals surface area contributed by atoms with Gasteiger partial charge in [0, 0.05) is 12.0 Å². The summed E-state index contributed by atoms with van der Waals surface area (Å²) in [4.78, 5) is 26.0. The highest BCUT2D eigenvalue weighted by Gasteiger charge is 2.26. The first-order valence-corrected chi connectivity index (χ1v) is 11.7. The molecule has 0 bridgehead atoms. The number of carbonyl (C=O) groups excluding carboxylic acids is 2. The Balaban J connectivity index is 1.49. The van der Waals surface area contributed by atoms with Gasteiger partial charge < -0.3 is 5.32 Å². The highest BCUT2D eigenvalue weighted by Crippen LogP contribution is 2.27. The SMILES string of the molecule is O=C(Nc1nnc(-c2ccc(F)cc2)s1)C(Cc1ccccc1)NC(=O)C(Cl)c1ccccc1. The molecule has 34 heavy (non-hydrogen) atoms. The van der Waals surface area contributed by atoms with Gasteiger partial charge in [0.1, 0.15) is 22.2 Å². The number of benzene rings is 3. The van der Waals surface area contributed by atoms with E-state index in [0.29, 0.717) is 16.1 Å². The molecule has 0 saturated carbocycles. The van der Waals surface area contributed by atoms with Gasteiger partial charge in [-0.05, 0) is 35.4 Å². The zero-order valence-electron chi connectivity index (χ0n) is 17.8. The maximum absolute atomic E-state index is 13.2. The molecule has 1 heterocycles. The fourth-order valence-corrected chi connectivity index (χ4v) is 4.21. The molecule has 4 rings (SSSR count). The lowest BCUT2D eigenvalue weighted by Gasteiger charge is -2.20. The predicted molar refractivity (Wildman–Crippen MR) is 131 cm³/mol. The van der Waals surface area contributed by atoms with Gasteiger partial charge in [-0.2, -0.15) is 0 Å². The Morgan fingerprint density at radius 1 is 0.882 bits per heavy atom. The Kier molecular flexibility index (Phi) is 7.61. The topological polar surface area (TPSA) is 84.0 Å². The summed E-state index contributed by atoms with van der Waals surface area (Å²) in [6, 6.07) is 23.2. The van der Waals surface area contributed by atoms with Gasteiger partial charge in [-0.1, -0.05) is 72.0 Å². The largest absolute Gasteiger partial charge is 0.342 e. The fraction of sp³-hybridized carbons (Fsp3) is 0.120. The van der Waals surface area contributed by atoms with E-state index in [0.717, 1.165) is 16.9 Å². The van der Waals surface area contributed by atoms with Gasteiger partial charge in [0.2, 0.25) is 16.9 Å². The van der Waals surface area contributed by atoms with E-state index in [1.807, 2.05) is 36.4 Å². The third-order valence-electron chi connectivity index (χ3n) is 4.98. The molecule has 0 saturated heterocycles. The number of nitrogens with one attached hydrogen (secondary N) is 2. The van der Waals surface area contributed by atoms with Crippen molar-refractivity contribution in [2.45, 2.75) is 17.8 Å². The third-order valence-corrected chi connectivity index (χ3v) is 6.32. The van der Waals surface area contributed by atoms with Gasteiger partial charge in [0.25, 0.3) is 0 Å². The van der Waals surface area contributed by atoms with Crippen molar-refractivity contribution in [2.24, 2.45) is 0 Å². The number of alkyl halides is 1. The highest BCUT2D eigenvalue weighted by molar-refractivity contribution is 7.18. The van der Waals surface area contributed by atoms with E-state index in [1.54, 1.807) is 36.4 Å². The van der Waals surface area contributed by atoms with Gasteiger partial charge in [-0.25, -0.2) is 4.39 Å². The van der Waals surface area contributed by atoms with E-state index in [2.05, 4.69) is 20.8 Å². The lowest BCUT2D eigenvalue weighted by atomic mass is 10.0. The summed E-state index contributed by atoms with van der Waals surface area (Å²) in [6.07, 6.45) is 0.264. The molecule has 0 fully saturated rings. The number of amides is 2. The molecule has 0 aliphatic rings. The Bertz CT molecular complexity index is 1250. The van der Waals surface area contributed by atoms with Crippen molar-refractivity contribution in [3.05, 3.63) is 102 Å². The lowest BCUT2D eigenvalue weighted by Crippen LogP contribution is -2.46. The van der Waals surface area contributed by atoms with Crippen LogP contribution in [0.15, 0.2) is 84.9 Å². The van der Waals surface area contributed by atoms with E-state index in [4.69, 9.17) is 11.6 Å². The molecule has 2 amide bonds. The van der Waals surface area contributed by atoms with Crippen molar-refractivity contribution >= 4 is 39.9 Å². The van der Waals surface area contributed by atoms with Crippen LogP contribution in [-0.2, 0) is 16.0 Å². The molecule has 6 nitrogen and oxygen atoms in total. The van der Waals surface area contributed by atoms with Crippen molar-refractivity contribution in [3.8, 4) is 10.6 Å². The maximum Gasteiger partial charge on any atom is 0.249 e. The number of hydrogen-bond acceptors (Lipinski definition) is 5. The van der Waals surface area contributed by atoms with Gasteiger partial charge >= 0.3 is 0 Å². The fourth-order valence-electron chi connectivity index (χ4n) is 3.25. The average Bonchev–Trinajstić information content (AvgIpc) is 3.33. The number of rotatable bonds is 8. The van der Waals surface area contributed by atoms with Crippen LogP contribution in [-0.4, -0.2) is 28.1 Å². The van der Waals surface area contributed by atoms with Gasteiger partial charge in [0.05, 0.1) is 0 Å². The number of aromatic nitrogens is 2. The molecular formula is C25H20ClFN4O2S. The van der Waals surface area contributed by atoms with Crippen molar-refractivity contribution in [2.75, 3.05) is 5.32 Å². The number of halogens is 2. The minimum absolute atomic E-state index is 0.264. The van der Waals surface area contributed by atoms with Crippen LogP contribution < -0.4 is 10.6 Å². The molecule has 2 N–H and O–H groups in total. The normalized spacial score (nSPS) is 12.5. The lowest BCUT2D eigenvalue weighted by molar-refractivity contribution is -0.126. The molecule has 0 aliphatic heterocycles. The summed E-state index contributed by atoms with van der Waals surface area (Å²) >= 11 is 7.51. The molecule has 0 spiro atoms. The monoisotopic (exact) mass is 494 g/mol. The first-order valence-electron chi connectivity index (χ1n) is 10.4. The number of carbonyl (C=O) groups is 2. The molecule has 0 aliphatic carbocycles. The number of nitrogens with zero attached hydrogens (tertiary/aromatic N) is 2. The van der Waals surface area contributed by atoms with Crippen molar-refractivity contribution in [1.29, 1.82) is 0 Å². The second-order valence-electron chi connectivity index (χ2n) is 7.43. The van der Waals surface area contributed by atoms with E-state index in [-0.39, 0.29) is 17.4 Å². The quantitative estimate of drug-likeness (QED) is 0.338. The Morgan fingerprint density at radius 3 is 2.21 bits per heavy atom. The minimum atomic E-state index is -0.945. The molecule has 1 aromatic heterocycles. The highest BCUT2D eigenvalue weighted by atomic mass is 35.5. The van der Waals surface area contributed by atoms with Crippen LogP contribution in [0.25, 0.3) is 10.6 Å². The van der Waals surface area contributed by atoms with Gasteiger partial charge in [0.15, 0.2) is 0 Å². The van der Waals surface area contributed by atoms with Crippen LogP contribution in [0.1, 0.15) is 16.5 Å². The second kappa shape index (κ2) is 11.0. The average molecular weight is 495 g/mol. The smallest absolute Gasteiger partial charge is 0.249 e. The zero-order valence-corrected chi connectivity index (χ0v) is 19.4. The van der Waals surface area contributed by atoms with E-state index in [9.17, 15) is 14.0 Å². The second-order valence-corrected chi connectivity index (χ2v) is 8.85. The first kappa shape index (κ1) is 23.5. The van der Waals surface area contributed by atoms with Crippen molar-refractivity contribution in [1.82, 2.24) is 15.5 Å². The van der Waals surface area contributed by atoms with E-state index >= 15 is 0 Å². The van der Waals surface area contributed by atoms with Crippen LogP contribution in [0.2, 0.25) is 0 Å². The molecule has 4 aromatic rings. The van der Waals surface area contributed by atoms with Crippen molar-refractivity contribution < 1.29 is 14.0 Å². The summed E-state index contributed by atoms with van der Waals surface area (Å²) in [6.45, 7) is 0. The van der Waals surface area contributed by atoms with Crippen molar-refractivity contribution in [3.63, 3.8) is 0 Å². The molecular weight excluding hydrogens is 475 g/mol. The zero-order chi connectivity index (χ0) is 23.9. The third kappa shape index (κ3) is 6.03. The minimum Gasteiger partial charge on any atom is -0.342 e. The Hall–Kier alpha value is -3.62. The summed E-state index contributed by atoms with van der Waals surface area (Å²) in [5.74, 6) is -1.28. The molecule has 0 radical (unpaired) electrons. The predicted octanol–water partition coefficient (Wildman–Crippen LogP) is 4.99. The summed E-state index contributed by atoms with van der Waals surface area (Å²) < 4.78 is 13.2. The molecule has 172 valence electrons. The standard InChI is InChI=1S/C25H20ClFN4O2S/c26-21(17-9-5-2-6-10-17)23(33)28-20(15-16-7-3-1-4-8-16)22(32)29-25-31-30-24(34-25)18-11-13-19(27)14-12-18/h1-14,20-21H,15H2,(H,28,33)(H,29,31,32). The van der Waals surface area contributed by atoms with Crippen LogP contribution in [0, 0.1) is 5.82 Å². The van der Waals surface area contributed by atoms with E-state index in [1.165, 1.54) is 12.1 Å². The Labute approximate surface area is 204 Å². The molecule has 3 aromatic carbocycles. The van der Waals surface area contributed by atoms with Gasteiger partial charge in [-0.3, -0.25) is 14.9 Å². The molecule has 2 unspecified atom stereocenters. The number of hydrogen-bond donors (Lipinski definition) is 2. The summed E-state index contributed by atoms with van der Waals surface area (Å²) in [7, 11) is 0. The van der Waals surface area contributed by atoms with Crippen LogP contribution in [0.5, 0.6) is 0 Å². The van der Waals surface area contributed by atoms with Crippen LogP contribution in [0.4, 0.5) is 9.52 Å². The number of anilines is 1.